The van der Waals surface area contributed by atoms with Crippen molar-refractivity contribution in [3.8, 4) is 0 Å². The van der Waals surface area contributed by atoms with Crippen LogP contribution in [-0.2, 0) is 9.59 Å². The highest BCUT2D eigenvalue weighted by Gasteiger charge is 2.25. The van der Waals surface area contributed by atoms with Gasteiger partial charge in [0.2, 0.25) is 11.8 Å². The van der Waals surface area contributed by atoms with Gasteiger partial charge in [0, 0.05) is 12.1 Å². The summed E-state index contributed by atoms with van der Waals surface area (Å²) in [5, 5.41) is 5.40. The van der Waals surface area contributed by atoms with Gasteiger partial charge in [-0.05, 0) is 18.6 Å². The first kappa shape index (κ1) is 9.71. The molecule has 2 amide bonds. The number of anilines is 1. The zero-order valence-electron chi connectivity index (χ0n) is 8.19. The van der Waals surface area contributed by atoms with Gasteiger partial charge in [0.15, 0.2) is 0 Å². The summed E-state index contributed by atoms with van der Waals surface area (Å²) in [6, 6.07) is 9.19. The third-order valence-corrected chi connectivity index (χ3v) is 2.35. The number of amides is 2. The number of benzene rings is 1. The van der Waals surface area contributed by atoms with E-state index in [0.717, 1.165) is 5.69 Å². The fourth-order valence-corrected chi connectivity index (χ4v) is 1.57. The molecule has 0 spiro atoms. The van der Waals surface area contributed by atoms with Gasteiger partial charge in [0.05, 0.1) is 0 Å². The van der Waals surface area contributed by atoms with Gasteiger partial charge >= 0.3 is 0 Å². The van der Waals surface area contributed by atoms with Gasteiger partial charge in [-0.25, -0.2) is 0 Å². The molecule has 1 aromatic carbocycles. The Morgan fingerprint density at radius 3 is 2.60 bits per heavy atom. The topological polar surface area (TPSA) is 58.2 Å². The molecule has 78 valence electrons. The largest absolute Gasteiger partial charge is 0.374 e. The lowest BCUT2D eigenvalue weighted by molar-refractivity contribution is -0.133. The lowest BCUT2D eigenvalue weighted by atomic mass is 10.1. The molecule has 0 saturated carbocycles. The maximum absolute atomic E-state index is 11.4. The molecule has 1 aromatic rings. The number of imide groups is 1. The molecule has 1 heterocycles. The third-order valence-electron chi connectivity index (χ3n) is 2.35. The maximum atomic E-state index is 11.4. The van der Waals surface area contributed by atoms with Gasteiger partial charge in [-0.3, -0.25) is 14.9 Å². The van der Waals surface area contributed by atoms with Crippen molar-refractivity contribution in [2.45, 2.75) is 18.9 Å². The Morgan fingerprint density at radius 1 is 1.20 bits per heavy atom. The van der Waals surface area contributed by atoms with E-state index in [4.69, 9.17) is 0 Å². The molecule has 0 unspecified atom stereocenters. The molecule has 2 rings (SSSR count). The standard InChI is InChI=1S/C11H12N2O2/c14-10-7-6-9(11(15)13-10)12-8-4-2-1-3-5-8/h1-5,9,12H,6-7H2,(H,13,14,15)/t9-/m0/s1. The van der Waals surface area contributed by atoms with Crippen molar-refractivity contribution in [1.82, 2.24) is 5.32 Å². The van der Waals surface area contributed by atoms with E-state index in [-0.39, 0.29) is 17.9 Å². The Morgan fingerprint density at radius 2 is 1.93 bits per heavy atom. The van der Waals surface area contributed by atoms with Crippen LogP contribution < -0.4 is 10.6 Å². The summed E-state index contributed by atoms with van der Waals surface area (Å²) in [5.74, 6) is -0.429. The Balaban J connectivity index is 2.01. The molecular weight excluding hydrogens is 192 g/mol. The Bertz CT molecular complexity index is 375. The first-order valence-electron chi connectivity index (χ1n) is 4.91. The van der Waals surface area contributed by atoms with Crippen molar-refractivity contribution in [3.05, 3.63) is 30.3 Å². The zero-order valence-corrected chi connectivity index (χ0v) is 8.19. The summed E-state index contributed by atoms with van der Waals surface area (Å²) in [6.45, 7) is 0. The summed E-state index contributed by atoms with van der Waals surface area (Å²) in [5.41, 5.74) is 0.895. The molecule has 1 atom stereocenters. The average Bonchev–Trinajstić information content (AvgIpc) is 2.24. The number of rotatable bonds is 2. The van der Waals surface area contributed by atoms with Crippen molar-refractivity contribution in [1.29, 1.82) is 0 Å². The SMILES string of the molecule is O=C1CC[C@H](Nc2ccccc2)C(=O)N1. The molecule has 0 radical (unpaired) electrons. The smallest absolute Gasteiger partial charge is 0.249 e. The Kier molecular flexibility index (Phi) is 2.67. The predicted molar refractivity (Wildman–Crippen MR) is 56.2 cm³/mol. The van der Waals surface area contributed by atoms with E-state index in [1.54, 1.807) is 0 Å². The molecule has 0 bridgehead atoms. The highest BCUT2D eigenvalue weighted by molar-refractivity contribution is 6.01. The zero-order chi connectivity index (χ0) is 10.7. The number of carbonyl (C=O) groups excluding carboxylic acids is 2. The quantitative estimate of drug-likeness (QED) is 0.704. The van der Waals surface area contributed by atoms with E-state index in [2.05, 4.69) is 10.6 Å². The first-order valence-corrected chi connectivity index (χ1v) is 4.91. The molecule has 4 nitrogen and oxygen atoms in total. The van der Waals surface area contributed by atoms with Crippen LogP contribution in [0.4, 0.5) is 5.69 Å². The minimum absolute atomic E-state index is 0.189. The van der Waals surface area contributed by atoms with Crippen LogP contribution in [0.3, 0.4) is 0 Å². The normalized spacial score (nSPS) is 20.9. The van der Waals surface area contributed by atoms with E-state index >= 15 is 0 Å². The van der Waals surface area contributed by atoms with Crippen molar-refractivity contribution >= 4 is 17.5 Å². The molecule has 1 aliphatic rings. The van der Waals surface area contributed by atoms with Crippen LogP contribution in [0.5, 0.6) is 0 Å². The van der Waals surface area contributed by atoms with E-state index in [0.29, 0.717) is 12.8 Å². The number of carbonyl (C=O) groups is 2. The fourth-order valence-electron chi connectivity index (χ4n) is 1.57. The van der Waals surface area contributed by atoms with Crippen LogP contribution in [0, 0.1) is 0 Å². The van der Waals surface area contributed by atoms with Crippen LogP contribution in [0.25, 0.3) is 0 Å². The van der Waals surface area contributed by atoms with Gasteiger partial charge in [-0.15, -0.1) is 0 Å². The van der Waals surface area contributed by atoms with E-state index in [9.17, 15) is 9.59 Å². The van der Waals surface area contributed by atoms with Gasteiger partial charge in [-0.2, -0.15) is 0 Å². The average molecular weight is 204 g/mol. The second kappa shape index (κ2) is 4.13. The molecule has 0 aliphatic carbocycles. The highest BCUT2D eigenvalue weighted by Crippen LogP contribution is 2.12. The van der Waals surface area contributed by atoms with Gasteiger partial charge in [0.25, 0.3) is 0 Å². The minimum Gasteiger partial charge on any atom is -0.374 e. The number of hydrogen-bond acceptors (Lipinski definition) is 3. The molecule has 1 aliphatic heterocycles. The number of piperidine rings is 1. The lowest BCUT2D eigenvalue weighted by Gasteiger charge is -2.22. The molecule has 1 saturated heterocycles. The van der Waals surface area contributed by atoms with Crippen molar-refractivity contribution in [2.75, 3.05) is 5.32 Å². The molecule has 4 heteroatoms. The summed E-state index contributed by atoms with van der Waals surface area (Å²) in [4.78, 5) is 22.3. The van der Waals surface area contributed by atoms with Crippen LogP contribution in [0.1, 0.15) is 12.8 Å². The summed E-state index contributed by atoms with van der Waals surface area (Å²) in [6.07, 6.45) is 0.954. The fraction of sp³-hybridized carbons (Fsp3) is 0.273. The second-order valence-corrected chi connectivity index (χ2v) is 3.51. The van der Waals surface area contributed by atoms with Gasteiger partial charge < -0.3 is 5.32 Å². The highest BCUT2D eigenvalue weighted by atomic mass is 16.2. The maximum Gasteiger partial charge on any atom is 0.249 e. The van der Waals surface area contributed by atoms with E-state index in [1.807, 2.05) is 30.3 Å². The predicted octanol–water partition coefficient (Wildman–Crippen LogP) is 0.904. The summed E-state index contributed by atoms with van der Waals surface area (Å²) < 4.78 is 0. The third kappa shape index (κ3) is 2.34. The number of nitrogens with one attached hydrogen (secondary N) is 2. The summed E-state index contributed by atoms with van der Waals surface area (Å²) >= 11 is 0. The van der Waals surface area contributed by atoms with Gasteiger partial charge in [0.1, 0.15) is 6.04 Å². The Hall–Kier alpha value is -1.84. The molecule has 2 N–H and O–H groups in total. The lowest BCUT2D eigenvalue weighted by Crippen LogP contribution is -2.47. The van der Waals surface area contributed by atoms with Gasteiger partial charge in [-0.1, -0.05) is 18.2 Å². The Labute approximate surface area is 87.7 Å². The minimum atomic E-state index is -0.301. The molecule has 15 heavy (non-hydrogen) atoms. The van der Waals surface area contributed by atoms with Crippen LogP contribution in [0.2, 0.25) is 0 Å². The molecule has 1 fully saturated rings. The number of hydrogen-bond donors (Lipinski definition) is 2. The van der Waals surface area contributed by atoms with E-state index < -0.39 is 0 Å². The van der Waals surface area contributed by atoms with Crippen molar-refractivity contribution in [2.24, 2.45) is 0 Å². The van der Waals surface area contributed by atoms with Crippen molar-refractivity contribution in [3.63, 3.8) is 0 Å². The van der Waals surface area contributed by atoms with Crippen LogP contribution >= 0.6 is 0 Å². The van der Waals surface area contributed by atoms with Crippen molar-refractivity contribution < 1.29 is 9.59 Å². The number of para-hydroxylation sites is 1. The van der Waals surface area contributed by atoms with E-state index in [1.165, 1.54) is 0 Å². The first-order chi connectivity index (χ1) is 7.25. The monoisotopic (exact) mass is 204 g/mol. The van der Waals surface area contributed by atoms with Crippen LogP contribution in [0.15, 0.2) is 30.3 Å². The summed E-state index contributed by atoms with van der Waals surface area (Å²) in [7, 11) is 0. The van der Waals surface area contributed by atoms with Crippen LogP contribution in [-0.4, -0.2) is 17.9 Å². The molecular formula is C11H12N2O2. The second-order valence-electron chi connectivity index (χ2n) is 3.51. The molecule has 0 aromatic heterocycles.